The molecule has 0 saturated heterocycles. The molecule has 19 rings (SSSR count). The van der Waals surface area contributed by atoms with Crippen LogP contribution in [-0.2, 0) is 52.8 Å². The van der Waals surface area contributed by atoms with Crippen LogP contribution in [0.4, 0.5) is 0 Å². The molecule has 118 heavy (non-hydrogen) atoms. The van der Waals surface area contributed by atoms with E-state index in [-0.39, 0.29) is 27.8 Å². The van der Waals surface area contributed by atoms with E-state index in [1.54, 1.807) is 0 Å². The summed E-state index contributed by atoms with van der Waals surface area (Å²) in [5.41, 5.74) is 34.0. The number of rotatable bonds is 8. The third-order valence-electron chi connectivity index (χ3n) is 27.6. The largest absolute Gasteiger partial charge is 0.487 e. The molecule has 4 aromatic heterocycles. The second kappa shape index (κ2) is 33.4. The van der Waals surface area contributed by atoms with Crippen LogP contribution in [0.1, 0.15) is 213 Å². The highest BCUT2D eigenvalue weighted by molar-refractivity contribution is 5.80. The van der Waals surface area contributed by atoms with Crippen LogP contribution in [0.15, 0.2) is 219 Å². The van der Waals surface area contributed by atoms with Gasteiger partial charge in [-0.05, 0) is 269 Å². The zero-order chi connectivity index (χ0) is 84.2. The van der Waals surface area contributed by atoms with E-state index in [2.05, 4.69) is 336 Å². The molecule has 606 valence electrons. The lowest BCUT2D eigenvalue weighted by molar-refractivity contribution is -0.660. The van der Waals surface area contributed by atoms with Gasteiger partial charge < -0.3 is 18.9 Å². The molecule has 8 heteroatoms. The SMILES string of the molecule is Cc1cc(-c2c(C)ccc3c2OC(C)(C)C32CCCCC2)[n+](C)cc1-c1ccccc1.Cc1cc(-c2c(C)ccc3c2OC(C)(C)CC3)[n+](C)cc1-c1ccccc1.Cc1cc(-c2c(C)ccc3c2OC2(CCCCC2)CC3)[n+](C)cc1-c1ccccc1.[2H]C1([2H])CC2(CCCCC2)Oc2c1ccc(C)c2-c1cc(C)c(-c2ccccc2)c[n+]1C. The number of aryl methyl sites for hydroxylation is 15. The van der Waals surface area contributed by atoms with Crippen molar-refractivity contribution in [1.82, 2.24) is 0 Å². The van der Waals surface area contributed by atoms with Crippen LogP contribution in [0.25, 0.3) is 89.5 Å². The predicted molar refractivity (Wildman–Crippen MR) is 484 cm³/mol. The van der Waals surface area contributed by atoms with Crippen molar-refractivity contribution >= 4 is 0 Å². The zero-order valence-electron chi connectivity index (χ0n) is 75.3. The summed E-state index contributed by atoms with van der Waals surface area (Å²) >= 11 is 0. The Morgan fingerprint density at radius 2 is 0.593 bits per heavy atom. The molecule has 0 unspecified atom stereocenters. The fourth-order valence-corrected chi connectivity index (χ4v) is 20.7. The first-order valence-electron chi connectivity index (χ1n) is 45.1. The Hall–Kier alpha value is -10.4. The lowest BCUT2D eigenvalue weighted by atomic mass is 9.62. The minimum atomic E-state index is -1.38. The Kier molecular flexibility index (Phi) is 22.3. The first-order valence-corrected chi connectivity index (χ1v) is 44.1. The van der Waals surface area contributed by atoms with E-state index in [0.717, 1.165) is 84.8 Å². The van der Waals surface area contributed by atoms with Crippen LogP contribution in [0.2, 0.25) is 0 Å². The molecule has 8 aromatic carbocycles. The second-order valence-electron chi connectivity index (χ2n) is 36.9. The van der Waals surface area contributed by atoms with Gasteiger partial charge in [0.1, 0.15) is 73.6 Å². The summed E-state index contributed by atoms with van der Waals surface area (Å²) in [7, 11) is 8.54. The first kappa shape index (κ1) is 78.7. The zero-order valence-corrected chi connectivity index (χ0v) is 73.3. The maximum absolute atomic E-state index is 8.92. The van der Waals surface area contributed by atoms with Gasteiger partial charge in [0.05, 0.1) is 22.3 Å². The normalized spacial score (nSPS) is 17.9. The number of hydrogen-bond donors (Lipinski definition) is 0. The van der Waals surface area contributed by atoms with Gasteiger partial charge in [0, 0.05) is 60.2 Å². The van der Waals surface area contributed by atoms with Gasteiger partial charge in [0.25, 0.3) is 0 Å². The molecule has 8 nitrogen and oxygen atoms in total. The van der Waals surface area contributed by atoms with E-state index < -0.39 is 6.37 Å². The summed E-state index contributed by atoms with van der Waals surface area (Å²) in [5, 5.41) is 0. The van der Waals surface area contributed by atoms with Crippen molar-refractivity contribution in [2.45, 2.75) is 246 Å². The molecule has 3 spiro atoms. The maximum Gasteiger partial charge on any atom is 0.216 e. The molecule has 0 bridgehead atoms. The van der Waals surface area contributed by atoms with Crippen LogP contribution < -0.4 is 37.2 Å². The molecule has 3 aliphatic carbocycles. The number of ether oxygens (including phenoxy) is 4. The van der Waals surface area contributed by atoms with Crippen LogP contribution in [0.3, 0.4) is 0 Å². The number of nitrogens with zero attached hydrogens (tertiary/aromatic N) is 4. The molecular weight excluding hydrogens is 1440 g/mol. The van der Waals surface area contributed by atoms with Crippen molar-refractivity contribution in [1.29, 1.82) is 0 Å². The highest BCUT2D eigenvalue weighted by Gasteiger charge is 2.56. The van der Waals surface area contributed by atoms with E-state index >= 15 is 0 Å². The van der Waals surface area contributed by atoms with Gasteiger partial charge in [-0.25, -0.2) is 18.3 Å². The van der Waals surface area contributed by atoms with Gasteiger partial charge in [-0.2, -0.15) is 0 Å². The second-order valence-corrected chi connectivity index (χ2v) is 36.9. The third-order valence-corrected chi connectivity index (χ3v) is 27.6. The monoisotopic (exact) mass is 1570 g/mol. The van der Waals surface area contributed by atoms with Gasteiger partial charge in [0.2, 0.25) is 22.8 Å². The van der Waals surface area contributed by atoms with Gasteiger partial charge in [-0.3, -0.25) is 0 Å². The molecule has 7 aliphatic rings. The summed E-state index contributed by atoms with van der Waals surface area (Å²) in [6.07, 6.45) is 30.6. The van der Waals surface area contributed by atoms with Crippen LogP contribution in [-0.4, -0.2) is 22.4 Å². The number of fused-ring (bicyclic) bond motifs is 5. The molecule has 4 aliphatic heterocycles. The smallest absolute Gasteiger partial charge is 0.216 e. The highest BCUT2D eigenvalue weighted by atomic mass is 16.5. The van der Waals surface area contributed by atoms with E-state index in [1.165, 1.54) is 211 Å². The molecule has 0 radical (unpaired) electrons. The van der Waals surface area contributed by atoms with Gasteiger partial charge in [0.15, 0.2) is 24.8 Å². The molecule has 12 aromatic rings. The fraction of sp³-hybridized carbons (Fsp3) is 0.382. The molecule has 3 saturated carbocycles. The van der Waals surface area contributed by atoms with Crippen molar-refractivity contribution in [3.8, 4) is 113 Å². The predicted octanol–water partition coefficient (Wildman–Crippen LogP) is 25.4. The van der Waals surface area contributed by atoms with Crippen LogP contribution in [0.5, 0.6) is 23.0 Å². The summed E-state index contributed by atoms with van der Waals surface area (Å²) in [5.74, 6) is 4.08. The van der Waals surface area contributed by atoms with Crippen molar-refractivity contribution in [3.63, 3.8) is 0 Å². The van der Waals surface area contributed by atoms with E-state index in [0.29, 0.717) is 12.0 Å². The van der Waals surface area contributed by atoms with Crippen molar-refractivity contribution in [3.05, 3.63) is 286 Å². The Balaban J connectivity index is 0.000000119. The van der Waals surface area contributed by atoms with Crippen molar-refractivity contribution in [2.75, 3.05) is 0 Å². The number of pyridine rings is 4. The average Bonchev–Trinajstić information content (AvgIpc) is 1.64. The Morgan fingerprint density at radius 1 is 0.288 bits per heavy atom. The first-order chi connectivity index (χ1) is 57.6. The standard InChI is InChI=1S/C29H34NO.2C28H32NO.C25H28NO/c1-20-14-15-24-27(31-28(3,4)29(24)16-10-7-11-17-29)26(20)25-18-21(2)23(19-30(25)5)22-12-8-6-9-13-22;2*1-20-12-13-23-14-17-28(15-8-5-9-16-28)30-27(23)26(20)25-18-21(2)24(19-29(25)3)22-10-6-4-7-11-22;1-17-11-12-20-13-14-25(3,4)27-24(20)23(17)22-15-18(2)21(16-26(22)5)19-9-7-6-8-10-19/h6,8-9,12-15,18-19H,7,10-11,16-17H2,1-5H3;2*4,6-7,10-13,18-19H,5,8-9,14-17H2,1-3H3;6-12,15-16H,13-14H2,1-5H3/q4*+1/i;14D2;;. The summed E-state index contributed by atoms with van der Waals surface area (Å²) in [4.78, 5) is 0. The topological polar surface area (TPSA) is 52.4 Å². The van der Waals surface area contributed by atoms with Crippen molar-refractivity contribution < 1.29 is 40.0 Å². The van der Waals surface area contributed by atoms with Crippen molar-refractivity contribution in [2.24, 2.45) is 28.2 Å². The Labute approximate surface area is 707 Å². The molecule has 0 N–H and O–H groups in total. The molecule has 3 fully saturated rings. The molecule has 0 atom stereocenters. The van der Waals surface area contributed by atoms with Gasteiger partial charge >= 0.3 is 0 Å². The van der Waals surface area contributed by atoms with E-state index in [9.17, 15) is 0 Å². The lowest BCUT2D eigenvalue weighted by Crippen LogP contribution is -2.47. The van der Waals surface area contributed by atoms with E-state index in [1.807, 2.05) is 12.1 Å². The quantitative estimate of drug-likeness (QED) is 0.142. The number of benzene rings is 8. The fourth-order valence-electron chi connectivity index (χ4n) is 20.7. The maximum atomic E-state index is 8.92. The molecule has 8 heterocycles. The minimum absolute atomic E-state index is 0.0609. The Morgan fingerprint density at radius 3 is 0.966 bits per heavy atom. The highest BCUT2D eigenvalue weighted by Crippen LogP contribution is 2.60. The van der Waals surface area contributed by atoms with Crippen LogP contribution >= 0.6 is 0 Å². The van der Waals surface area contributed by atoms with Gasteiger partial charge in [-0.1, -0.05) is 202 Å². The third kappa shape index (κ3) is 16.0. The lowest BCUT2D eigenvalue weighted by Gasteiger charge is -2.43. The van der Waals surface area contributed by atoms with Crippen LogP contribution in [0, 0.1) is 55.4 Å². The summed E-state index contributed by atoms with van der Waals surface area (Å²) in [6.45, 7) is 26.5. The average molecular weight is 1570 g/mol. The Bertz CT molecular complexity index is 5810. The van der Waals surface area contributed by atoms with Gasteiger partial charge in [-0.15, -0.1) is 0 Å². The molecule has 0 amide bonds. The number of hydrogen-bond acceptors (Lipinski definition) is 4. The number of aromatic nitrogens is 4. The summed E-state index contributed by atoms with van der Waals surface area (Å²) in [6, 6.07) is 69.3. The summed E-state index contributed by atoms with van der Waals surface area (Å²) < 4.78 is 53.9. The van der Waals surface area contributed by atoms with E-state index in [4.69, 9.17) is 21.7 Å². The minimum Gasteiger partial charge on any atom is -0.487 e. The molecular formula is C110H126N4O4+4.